The summed E-state index contributed by atoms with van der Waals surface area (Å²) in [5, 5.41) is 11.0. The molecule has 2 aliphatic carbocycles. The number of fused-ring (bicyclic) bond motifs is 1. The van der Waals surface area contributed by atoms with Crippen molar-refractivity contribution in [2.75, 3.05) is 26.7 Å². The fourth-order valence-electron chi connectivity index (χ4n) is 6.46. The van der Waals surface area contributed by atoms with Gasteiger partial charge < -0.3 is 14.5 Å². The van der Waals surface area contributed by atoms with Gasteiger partial charge in [0.15, 0.2) is 0 Å². The van der Waals surface area contributed by atoms with Gasteiger partial charge in [-0.3, -0.25) is 19.7 Å². The van der Waals surface area contributed by atoms with Gasteiger partial charge in [-0.1, -0.05) is 30.3 Å². The molecule has 2 saturated heterocycles. The quantitative estimate of drug-likeness (QED) is 0.259. The van der Waals surface area contributed by atoms with Crippen LogP contribution in [0.5, 0.6) is 0 Å². The molecule has 2 heterocycles. The van der Waals surface area contributed by atoms with Gasteiger partial charge in [-0.15, -0.1) is 0 Å². The van der Waals surface area contributed by atoms with E-state index >= 15 is 0 Å². The van der Waals surface area contributed by atoms with Crippen LogP contribution in [0.1, 0.15) is 24.8 Å². The van der Waals surface area contributed by atoms with Crippen LogP contribution in [0.4, 0.5) is 5.69 Å². The number of methoxy groups -OCH3 is 1. The zero-order chi connectivity index (χ0) is 29.1. The lowest BCUT2D eigenvalue weighted by molar-refractivity contribution is -0.384. The molecule has 2 aromatic rings. The maximum atomic E-state index is 14.1. The van der Waals surface area contributed by atoms with Crippen molar-refractivity contribution in [2.45, 2.75) is 48.2 Å². The fraction of sp³-hybridized carbons (Fsp3) is 0.464. The number of nitro groups is 1. The summed E-state index contributed by atoms with van der Waals surface area (Å²) in [5.41, 5.74) is -0.718. The van der Waals surface area contributed by atoms with Crippen LogP contribution >= 0.6 is 0 Å². The topological polar surface area (TPSA) is 147 Å². The maximum absolute atomic E-state index is 14.1. The van der Waals surface area contributed by atoms with Crippen LogP contribution in [-0.4, -0.2) is 89.6 Å². The fourth-order valence-corrected chi connectivity index (χ4v) is 8.24. The molecule has 2 aromatic carbocycles. The van der Waals surface area contributed by atoms with E-state index in [0.717, 1.165) is 24.1 Å². The molecule has 2 amide bonds. The van der Waals surface area contributed by atoms with E-state index in [2.05, 4.69) is 0 Å². The molecule has 1 spiro atoms. The second-order valence-electron chi connectivity index (χ2n) is 11.2. The first-order chi connectivity index (χ1) is 19.6. The van der Waals surface area contributed by atoms with E-state index in [1.807, 2.05) is 30.3 Å². The molecule has 4 atom stereocenters. The summed E-state index contributed by atoms with van der Waals surface area (Å²) in [6.07, 6.45) is 1.68. The lowest BCUT2D eigenvalue weighted by Gasteiger charge is -2.44. The summed E-state index contributed by atoms with van der Waals surface area (Å²) in [4.78, 5) is 54.2. The Morgan fingerprint density at radius 1 is 1.10 bits per heavy atom. The highest BCUT2D eigenvalue weighted by Gasteiger charge is 2.64. The van der Waals surface area contributed by atoms with Crippen molar-refractivity contribution in [3.05, 3.63) is 70.3 Å². The number of non-ortho nitro benzene ring substituents is 1. The molecule has 0 radical (unpaired) electrons. The van der Waals surface area contributed by atoms with E-state index in [1.165, 1.54) is 28.4 Å². The smallest absolute Gasteiger partial charge is 0.328 e. The third-order valence-corrected chi connectivity index (χ3v) is 10.8. The van der Waals surface area contributed by atoms with Crippen molar-refractivity contribution in [1.29, 1.82) is 0 Å². The molecule has 4 aliphatic rings. The lowest BCUT2D eigenvalue weighted by Crippen LogP contribution is -2.65. The number of benzene rings is 2. The number of esters is 1. The molecule has 216 valence electrons. The molecule has 4 fully saturated rings. The number of likely N-dealkylation sites (tertiary alicyclic amines) is 1. The first-order valence-corrected chi connectivity index (χ1v) is 15.0. The van der Waals surface area contributed by atoms with Crippen LogP contribution < -0.4 is 0 Å². The molecule has 6 rings (SSSR count). The molecule has 2 aliphatic heterocycles. The predicted octanol–water partition coefficient (Wildman–Crippen LogP) is 1.59. The van der Waals surface area contributed by atoms with Gasteiger partial charge >= 0.3 is 5.97 Å². The summed E-state index contributed by atoms with van der Waals surface area (Å²) in [6, 6.07) is 12.3. The van der Waals surface area contributed by atoms with Crippen LogP contribution in [0.2, 0.25) is 0 Å². The normalized spacial score (nSPS) is 25.5. The zero-order valence-electron chi connectivity index (χ0n) is 22.4. The minimum atomic E-state index is -4.14. The molecule has 12 nitrogen and oxygen atoms in total. The average molecular weight is 583 g/mol. The number of rotatable bonds is 8. The Labute approximate surface area is 237 Å². The highest BCUT2D eigenvalue weighted by molar-refractivity contribution is 7.89. The molecule has 41 heavy (non-hydrogen) atoms. The van der Waals surface area contributed by atoms with Crippen molar-refractivity contribution in [3.8, 4) is 0 Å². The van der Waals surface area contributed by atoms with E-state index in [9.17, 15) is 32.9 Å². The van der Waals surface area contributed by atoms with E-state index < -0.39 is 44.4 Å². The van der Waals surface area contributed by atoms with Crippen LogP contribution in [-0.2, 0) is 35.6 Å². The van der Waals surface area contributed by atoms with Gasteiger partial charge in [0.25, 0.3) is 5.69 Å². The standard InChI is InChI=1S/C28H30N4O8S/c1-40-26(34)24-22-16-19(22)17-30(24)25(33)23(15-18-5-3-2-4-6-18)29-13-14-31(28(11-12-28)27(29)35)41(38,39)21-9-7-20(8-10-21)32(36)37/h2-10,19,22-24H,11-17H2,1H3/t19?,22?,23-,24?/m0/s1. The summed E-state index contributed by atoms with van der Waals surface area (Å²) in [7, 11) is -2.85. The third kappa shape index (κ3) is 4.56. The Morgan fingerprint density at radius 3 is 2.39 bits per heavy atom. The minimum Gasteiger partial charge on any atom is -0.467 e. The molecular weight excluding hydrogens is 552 g/mol. The highest BCUT2D eigenvalue weighted by atomic mass is 32.2. The molecular formula is C28H30N4O8S. The Balaban J connectivity index is 1.30. The summed E-state index contributed by atoms with van der Waals surface area (Å²) >= 11 is 0. The molecule has 0 bridgehead atoms. The van der Waals surface area contributed by atoms with Gasteiger partial charge in [0.1, 0.15) is 17.6 Å². The Morgan fingerprint density at radius 2 is 1.78 bits per heavy atom. The maximum Gasteiger partial charge on any atom is 0.328 e. The summed E-state index contributed by atoms with van der Waals surface area (Å²) in [6.45, 7) is 0.372. The number of ether oxygens (including phenoxy) is 1. The SMILES string of the molecule is COC(=O)C1C2CC2CN1C(=O)[C@H](Cc1ccccc1)N1CCN(S(=O)(=O)c2ccc([N+](=O)[O-])cc2)C2(CC2)C1=O. The van der Waals surface area contributed by atoms with Gasteiger partial charge in [-0.05, 0) is 48.8 Å². The van der Waals surface area contributed by atoms with E-state index in [0.29, 0.717) is 19.4 Å². The number of sulfonamides is 1. The molecule has 2 saturated carbocycles. The van der Waals surface area contributed by atoms with Crippen molar-refractivity contribution < 1.29 is 32.5 Å². The molecule has 13 heteroatoms. The number of carbonyl (C=O) groups is 3. The summed E-state index contributed by atoms with van der Waals surface area (Å²) < 4.78 is 33.5. The number of nitro benzene ring substituents is 1. The number of amides is 2. The largest absolute Gasteiger partial charge is 0.467 e. The second-order valence-corrected chi connectivity index (χ2v) is 13.0. The first kappa shape index (κ1) is 27.3. The average Bonchev–Trinajstić information content (AvgIpc) is 3.90. The van der Waals surface area contributed by atoms with E-state index in [1.54, 1.807) is 4.90 Å². The van der Waals surface area contributed by atoms with Crippen molar-refractivity contribution >= 4 is 33.5 Å². The lowest BCUT2D eigenvalue weighted by atomic mass is 9.99. The minimum absolute atomic E-state index is 0.0143. The van der Waals surface area contributed by atoms with Crippen LogP contribution in [0.3, 0.4) is 0 Å². The Hall–Kier alpha value is -3.84. The number of hydrogen-bond acceptors (Lipinski definition) is 8. The van der Waals surface area contributed by atoms with Gasteiger partial charge in [0.05, 0.1) is 16.9 Å². The number of carbonyl (C=O) groups excluding carboxylic acids is 3. The third-order valence-electron chi connectivity index (χ3n) is 8.85. The zero-order valence-corrected chi connectivity index (χ0v) is 23.2. The van der Waals surface area contributed by atoms with Crippen molar-refractivity contribution in [2.24, 2.45) is 11.8 Å². The van der Waals surface area contributed by atoms with Gasteiger partial charge in [0, 0.05) is 38.2 Å². The Bertz CT molecular complexity index is 1510. The predicted molar refractivity (Wildman–Crippen MR) is 144 cm³/mol. The van der Waals surface area contributed by atoms with Crippen LogP contribution in [0, 0.1) is 22.0 Å². The number of nitrogens with zero attached hydrogens (tertiary/aromatic N) is 4. The highest BCUT2D eigenvalue weighted by Crippen LogP contribution is 2.51. The second kappa shape index (κ2) is 9.91. The van der Waals surface area contributed by atoms with Gasteiger partial charge in [-0.2, -0.15) is 4.31 Å². The van der Waals surface area contributed by atoms with Gasteiger partial charge in [0.2, 0.25) is 21.8 Å². The summed E-state index contributed by atoms with van der Waals surface area (Å²) in [5.74, 6) is -0.965. The van der Waals surface area contributed by atoms with Gasteiger partial charge in [-0.25, -0.2) is 13.2 Å². The molecule has 0 aromatic heterocycles. The van der Waals surface area contributed by atoms with Crippen LogP contribution in [0.25, 0.3) is 0 Å². The monoisotopic (exact) mass is 582 g/mol. The molecule has 0 N–H and O–H groups in total. The van der Waals surface area contributed by atoms with Crippen molar-refractivity contribution in [3.63, 3.8) is 0 Å². The van der Waals surface area contributed by atoms with E-state index in [4.69, 9.17) is 4.74 Å². The first-order valence-electron chi connectivity index (χ1n) is 13.6. The van der Waals surface area contributed by atoms with Crippen LogP contribution in [0.15, 0.2) is 59.5 Å². The van der Waals surface area contributed by atoms with Crippen molar-refractivity contribution in [1.82, 2.24) is 14.1 Å². The number of piperazine rings is 1. The number of piperidine rings is 1. The van der Waals surface area contributed by atoms with E-state index in [-0.39, 0.29) is 47.8 Å². The number of hydrogen-bond donors (Lipinski definition) is 0. The Kier molecular flexibility index (Phi) is 6.61. The molecule has 3 unspecified atom stereocenters.